The summed E-state index contributed by atoms with van der Waals surface area (Å²) >= 11 is 0. The van der Waals surface area contributed by atoms with Gasteiger partial charge in [-0.2, -0.15) is 8.78 Å². The number of ether oxygens (including phenoxy) is 3. The molecule has 1 aromatic carbocycles. The fraction of sp³-hybridized carbons (Fsp3) is 0.600. The van der Waals surface area contributed by atoms with Crippen LogP contribution in [0.15, 0.2) is 6.07 Å². The summed E-state index contributed by atoms with van der Waals surface area (Å²) in [4.78, 5) is 23.3. The van der Waals surface area contributed by atoms with Crippen molar-refractivity contribution in [1.82, 2.24) is 5.32 Å². The first-order chi connectivity index (χ1) is 14.4. The minimum absolute atomic E-state index is 0.0186. The predicted molar refractivity (Wildman–Crippen MR) is 97.8 cm³/mol. The van der Waals surface area contributed by atoms with Gasteiger partial charge in [0, 0.05) is 18.5 Å². The number of rotatable bonds is 11. The van der Waals surface area contributed by atoms with Crippen LogP contribution in [0.4, 0.5) is 17.6 Å². The van der Waals surface area contributed by atoms with E-state index in [9.17, 15) is 27.2 Å². The lowest BCUT2D eigenvalue weighted by atomic mass is 9.95. The van der Waals surface area contributed by atoms with E-state index < -0.39 is 35.0 Å². The number of hydrogen-bond acceptors (Lipinski definition) is 5. The molecule has 1 aromatic rings. The van der Waals surface area contributed by atoms with E-state index in [2.05, 4.69) is 10.1 Å². The fourth-order valence-electron chi connectivity index (χ4n) is 2.99. The van der Waals surface area contributed by atoms with Crippen LogP contribution in [0.1, 0.15) is 44.9 Å². The molecule has 10 heteroatoms. The smallest absolute Gasteiger partial charge is 0.313 e. The van der Waals surface area contributed by atoms with E-state index in [0.717, 1.165) is 25.7 Å². The van der Waals surface area contributed by atoms with Crippen molar-refractivity contribution in [2.24, 2.45) is 0 Å². The number of nitrogens with one attached hydrogen (secondary N) is 1. The zero-order chi connectivity index (χ0) is 21.9. The summed E-state index contributed by atoms with van der Waals surface area (Å²) in [6, 6.07) is 0.269. The summed E-state index contributed by atoms with van der Waals surface area (Å²) in [6.07, 6.45) is 5.35. The second kappa shape index (κ2) is 12.5. The van der Waals surface area contributed by atoms with Gasteiger partial charge in [0.1, 0.15) is 0 Å². The van der Waals surface area contributed by atoms with Crippen molar-refractivity contribution in [2.45, 2.75) is 51.0 Å². The van der Waals surface area contributed by atoms with Crippen LogP contribution in [0.5, 0.6) is 5.75 Å². The van der Waals surface area contributed by atoms with Crippen LogP contribution in [0, 0.1) is 23.3 Å². The Hall–Kier alpha value is -2.20. The lowest BCUT2D eigenvalue weighted by Crippen LogP contribution is -2.36. The third kappa shape index (κ3) is 7.91. The van der Waals surface area contributed by atoms with Gasteiger partial charge >= 0.3 is 5.97 Å². The van der Waals surface area contributed by atoms with Gasteiger partial charge in [0.05, 0.1) is 32.8 Å². The Balaban J connectivity index is 1.52. The highest BCUT2D eigenvalue weighted by Crippen LogP contribution is 2.26. The molecule has 2 rings (SSSR count). The van der Waals surface area contributed by atoms with Crippen molar-refractivity contribution in [3.63, 3.8) is 0 Å². The summed E-state index contributed by atoms with van der Waals surface area (Å²) in [5.74, 6) is -9.51. The lowest BCUT2D eigenvalue weighted by molar-refractivity contribution is -0.136. The Labute approximate surface area is 171 Å². The van der Waals surface area contributed by atoms with E-state index in [1.165, 1.54) is 6.42 Å². The maximum atomic E-state index is 13.4. The molecule has 0 atom stereocenters. The minimum atomic E-state index is -1.79. The molecule has 1 aliphatic rings. The third-order valence-electron chi connectivity index (χ3n) is 4.55. The van der Waals surface area contributed by atoms with Crippen molar-refractivity contribution in [3.05, 3.63) is 29.3 Å². The van der Waals surface area contributed by atoms with Crippen molar-refractivity contribution in [3.8, 4) is 5.75 Å². The number of hydrogen-bond donors (Lipinski definition) is 1. The highest BCUT2D eigenvalue weighted by Gasteiger charge is 2.23. The van der Waals surface area contributed by atoms with Crippen LogP contribution in [0.25, 0.3) is 0 Å². The summed E-state index contributed by atoms with van der Waals surface area (Å²) in [6.45, 7) is 0.387. The van der Waals surface area contributed by atoms with Gasteiger partial charge < -0.3 is 19.5 Å². The highest BCUT2D eigenvalue weighted by atomic mass is 19.2. The van der Waals surface area contributed by atoms with E-state index in [-0.39, 0.29) is 57.3 Å². The maximum absolute atomic E-state index is 13.4. The van der Waals surface area contributed by atoms with E-state index in [1.807, 2.05) is 0 Å². The molecule has 168 valence electrons. The Morgan fingerprint density at radius 3 is 2.03 bits per heavy atom. The molecule has 1 amide bonds. The van der Waals surface area contributed by atoms with Gasteiger partial charge in [-0.3, -0.25) is 9.59 Å². The zero-order valence-electron chi connectivity index (χ0n) is 16.5. The Morgan fingerprint density at radius 1 is 0.867 bits per heavy atom. The van der Waals surface area contributed by atoms with Crippen LogP contribution in [0.3, 0.4) is 0 Å². The first-order valence-electron chi connectivity index (χ1n) is 9.87. The quantitative estimate of drug-likeness (QED) is 0.190. The topological polar surface area (TPSA) is 73.9 Å². The first kappa shape index (κ1) is 24.1. The first-order valence-corrected chi connectivity index (χ1v) is 9.87. The van der Waals surface area contributed by atoms with Crippen molar-refractivity contribution in [2.75, 3.05) is 26.4 Å². The van der Waals surface area contributed by atoms with Gasteiger partial charge in [0.25, 0.3) is 0 Å². The maximum Gasteiger partial charge on any atom is 0.313 e. The molecule has 0 saturated heterocycles. The lowest BCUT2D eigenvalue weighted by Gasteiger charge is -2.22. The van der Waals surface area contributed by atoms with Crippen molar-refractivity contribution < 1.29 is 41.4 Å². The van der Waals surface area contributed by atoms with Crippen molar-refractivity contribution >= 4 is 11.9 Å². The number of halogens is 4. The van der Waals surface area contributed by atoms with Gasteiger partial charge in [-0.1, -0.05) is 19.3 Å². The molecule has 0 heterocycles. The Kier molecular flexibility index (Phi) is 10.0. The standard InChI is InChI=1S/C20H25F4NO5/c21-14-12-15(22)19(24)20(18(14)23)30-17(27)7-9-29-11-10-28-8-6-16(26)25-13-4-2-1-3-5-13/h12-13H,1-11H2,(H,25,26). The molecule has 0 bridgehead atoms. The molecule has 0 unspecified atom stereocenters. The highest BCUT2D eigenvalue weighted by molar-refractivity contribution is 5.76. The van der Waals surface area contributed by atoms with E-state index in [1.54, 1.807) is 0 Å². The molecule has 6 nitrogen and oxygen atoms in total. The molecule has 1 N–H and O–H groups in total. The van der Waals surface area contributed by atoms with Crippen LogP contribution < -0.4 is 10.1 Å². The average molecular weight is 435 g/mol. The number of amides is 1. The largest absolute Gasteiger partial charge is 0.420 e. The van der Waals surface area contributed by atoms with Gasteiger partial charge in [0.2, 0.25) is 23.3 Å². The summed E-state index contributed by atoms with van der Waals surface area (Å²) < 4.78 is 67.7. The SMILES string of the molecule is O=C(CCOCCOCCC(=O)Oc1c(F)c(F)cc(F)c1F)NC1CCCCC1. The van der Waals surface area contributed by atoms with Crippen LogP contribution in [0.2, 0.25) is 0 Å². The molecule has 0 aromatic heterocycles. The van der Waals surface area contributed by atoms with Crippen LogP contribution in [-0.4, -0.2) is 44.3 Å². The van der Waals surface area contributed by atoms with Crippen LogP contribution >= 0.6 is 0 Å². The summed E-state index contributed by atoms with van der Waals surface area (Å²) in [5, 5.41) is 2.98. The second-order valence-electron chi connectivity index (χ2n) is 6.90. The van der Waals surface area contributed by atoms with Crippen LogP contribution in [-0.2, 0) is 19.1 Å². The third-order valence-corrected chi connectivity index (χ3v) is 4.55. The molecule has 1 aliphatic carbocycles. The monoisotopic (exact) mass is 435 g/mol. The summed E-state index contributed by atoms with van der Waals surface area (Å²) in [7, 11) is 0. The van der Waals surface area contributed by atoms with E-state index in [4.69, 9.17) is 9.47 Å². The fourth-order valence-corrected chi connectivity index (χ4v) is 2.99. The molecular weight excluding hydrogens is 410 g/mol. The number of benzene rings is 1. The number of esters is 1. The molecule has 0 aliphatic heterocycles. The van der Waals surface area contributed by atoms with Gasteiger partial charge in [0.15, 0.2) is 11.6 Å². The van der Waals surface area contributed by atoms with Gasteiger partial charge in [-0.25, -0.2) is 8.78 Å². The normalized spacial score (nSPS) is 14.5. The molecule has 1 saturated carbocycles. The molecule has 1 fully saturated rings. The summed E-state index contributed by atoms with van der Waals surface area (Å²) in [5.41, 5.74) is 0. The van der Waals surface area contributed by atoms with E-state index in [0.29, 0.717) is 0 Å². The number of carbonyl (C=O) groups excluding carboxylic acids is 2. The number of carbonyl (C=O) groups is 2. The Bertz CT molecular complexity index is 699. The molecule has 30 heavy (non-hydrogen) atoms. The second-order valence-corrected chi connectivity index (χ2v) is 6.90. The molecular formula is C20H25F4NO5. The van der Waals surface area contributed by atoms with Gasteiger partial charge in [-0.05, 0) is 12.8 Å². The zero-order valence-corrected chi connectivity index (χ0v) is 16.5. The minimum Gasteiger partial charge on any atom is -0.420 e. The van der Waals surface area contributed by atoms with Gasteiger partial charge in [-0.15, -0.1) is 0 Å². The average Bonchev–Trinajstić information content (AvgIpc) is 2.72. The Morgan fingerprint density at radius 2 is 1.43 bits per heavy atom. The predicted octanol–water partition coefficient (Wildman–Crippen LogP) is 3.41. The molecule has 0 radical (unpaired) electrons. The van der Waals surface area contributed by atoms with E-state index >= 15 is 0 Å². The molecule has 0 spiro atoms. The van der Waals surface area contributed by atoms with Crippen molar-refractivity contribution in [1.29, 1.82) is 0 Å².